The number of hydrogen-bond donors (Lipinski definition) is 1. The summed E-state index contributed by atoms with van der Waals surface area (Å²) in [6.07, 6.45) is 4.06. The number of nitrogens with one attached hydrogen (secondary N) is 1. The average Bonchev–Trinajstić information content (AvgIpc) is 3.15. The molecule has 4 amide bonds. The van der Waals surface area contributed by atoms with Crippen LogP contribution in [0.25, 0.3) is 0 Å². The smallest absolute Gasteiger partial charge is 0.332 e. The Morgan fingerprint density at radius 3 is 2.08 bits per heavy atom. The van der Waals surface area contributed by atoms with Gasteiger partial charge in [-0.15, -0.1) is 0 Å². The van der Waals surface area contributed by atoms with E-state index < -0.39 is 23.8 Å². The lowest BCUT2D eigenvalue weighted by atomic mass is 9.87. The molecule has 7 heteroatoms. The van der Waals surface area contributed by atoms with Gasteiger partial charge in [0.05, 0.1) is 7.11 Å². The van der Waals surface area contributed by atoms with Crippen molar-refractivity contribution in [2.75, 3.05) is 27.7 Å². The van der Waals surface area contributed by atoms with Gasteiger partial charge < -0.3 is 10.1 Å². The average molecular weight is 359 g/mol. The highest BCUT2D eigenvalue weighted by Crippen LogP contribution is 2.39. The van der Waals surface area contributed by atoms with Crippen molar-refractivity contribution < 1.29 is 19.1 Å². The number of nitrogens with zero attached hydrogens (tertiary/aromatic N) is 2. The van der Waals surface area contributed by atoms with E-state index in [1.54, 1.807) is 7.11 Å². The topological polar surface area (TPSA) is 79.0 Å². The molecule has 140 valence electrons. The van der Waals surface area contributed by atoms with Crippen LogP contribution in [0.5, 0.6) is 5.75 Å². The summed E-state index contributed by atoms with van der Waals surface area (Å²) in [5.74, 6) is -0.985. The zero-order valence-corrected chi connectivity index (χ0v) is 15.4. The number of methoxy groups -OCH3 is 1. The predicted octanol–water partition coefficient (Wildman–Crippen LogP) is 1.72. The van der Waals surface area contributed by atoms with Gasteiger partial charge in [-0.05, 0) is 30.5 Å². The Bertz CT molecular complexity index is 686. The summed E-state index contributed by atoms with van der Waals surface area (Å²) in [7, 11) is 4.46. The molecular formula is C19H25N3O4. The normalized spacial score (nSPS) is 20.8. The SMILES string of the molecule is COc1ccc(C2(NCC3C(=O)N(C)C(=O)N(C)C3=O)CCCC2)cc1. The molecule has 3 rings (SSSR count). The highest BCUT2D eigenvalue weighted by molar-refractivity contribution is 6.15. The van der Waals surface area contributed by atoms with Gasteiger partial charge in [0.2, 0.25) is 11.8 Å². The number of amides is 4. The van der Waals surface area contributed by atoms with Crippen LogP contribution in [0, 0.1) is 5.92 Å². The molecule has 2 fully saturated rings. The molecule has 0 bridgehead atoms. The number of hydrogen-bond acceptors (Lipinski definition) is 5. The van der Waals surface area contributed by atoms with Gasteiger partial charge in [-0.25, -0.2) is 4.79 Å². The first kappa shape index (κ1) is 18.4. The largest absolute Gasteiger partial charge is 0.497 e. The maximum Gasteiger partial charge on any atom is 0.332 e. The van der Waals surface area contributed by atoms with Gasteiger partial charge in [0.1, 0.15) is 11.7 Å². The summed E-state index contributed by atoms with van der Waals surface area (Å²) in [5, 5.41) is 3.49. The number of carbonyl (C=O) groups is 3. The van der Waals surface area contributed by atoms with Crippen LogP contribution in [0.4, 0.5) is 4.79 Å². The van der Waals surface area contributed by atoms with Crippen molar-refractivity contribution in [1.29, 1.82) is 0 Å². The van der Waals surface area contributed by atoms with E-state index in [-0.39, 0.29) is 12.1 Å². The lowest BCUT2D eigenvalue weighted by molar-refractivity contribution is -0.147. The summed E-state index contributed by atoms with van der Waals surface area (Å²) in [6, 6.07) is 7.33. The van der Waals surface area contributed by atoms with Crippen LogP contribution in [0.15, 0.2) is 24.3 Å². The van der Waals surface area contributed by atoms with Crippen molar-refractivity contribution in [3.63, 3.8) is 0 Å². The first-order valence-electron chi connectivity index (χ1n) is 8.88. The number of urea groups is 1. The maximum atomic E-state index is 12.4. The molecule has 0 atom stereocenters. The number of benzene rings is 1. The number of ether oxygens (including phenoxy) is 1. The third kappa shape index (κ3) is 3.07. The molecule has 1 heterocycles. The van der Waals surface area contributed by atoms with Crippen molar-refractivity contribution in [3.05, 3.63) is 29.8 Å². The van der Waals surface area contributed by atoms with Crippen molar-refractivity contribution in [2.24, 2.45) is 5.92 Å². The Hall–Kier alpha value is -2.41. The number of imide groups is 2. The standard InChI is InChI=1S/C19H25N3O4/c1-21-16(23)15(17(24)22(2)18(21)25)12-20-19(10-4-5-11-19)13-6-8-14(26-3)9-7-13/h6-9,15,20H,4-5,10-12H2,1-3H3. The van der Waals surface area contributed by atoms with E-state index in [4.69, 9.17) is 4.74 Å². The minimum Gasteiger partial charge on any atom is -0.497 e. The molecule has 1 N–H and O–H groups in total. The van der Waals surface area contributed by atoms with Gasteiger partial charge in [-0.1, -0.05) is 25.0 Å². The first-order valence-corrected chi connectivity index (χ1v) is 8.88. The molecular weight excluding hydrogens is 334 g/mol. The minimum absolute atomic E-state index is 0.214. The van der Waals surface area contributed by atoms with E-state index in [2.05, 4.69) is 5.32 Å². The van der Waals surface area contributed by atoms with Crippen LogP contribution in [-0.2, 0) is 15.1 Å². The van der Waals surface area contributed by atoms with Gasteiger partial charge >= 0.3 is 6.03 Å². The number of rotatable bonds is 5. The molecule has 1 aliphatic carbocycles. The molecule has 26 heavy (non-hydrogen) atoms. The molecule has 1 aromatic rings. The zero-order chi connectivity index (χ0) is 18.9. The van der Waals surface area contributed by atoms with E-state index >= 15 is 0 Å². The molecule has 1 saturated carbocycles. The number of barbiturate groups is 1. The maximum absolute atomic E-state index is 12.4. The highest BCUT2D eigenvalue weighted by Gasteiger charge is 2.44. The molecule has 0 aromatic heterocycles. The fourth-order valence-corrected chi connectivity index (χ4v) is 3.91. The van der Waals surface area contributed by atoms with Crippen LogP contribution in [0.3, 0.4) is 0 Å². The Morgan fingerprint density at radius 1 is 1.04 bits per heavy atom. The van der Waals surface area contributed by atoms with E-state index in [9.17, 15) is 14.4 Å². The molecule has 1 saturated heterocycles. The quantitative estimate of drug-likeness (QED) is 0.810. The Morgan fingerprint density at radius 2 is 1.58 bits per heavy atom. The second kappa shape index (κ2) is 7.07. The van der Waals surface area contributed by atoms with Crippen molar-refractivity contribution in [1.82, 2.24) is 15.1 Å². The third-order valence-corrected chi connectivity index (χ3v) is 5.58. The van der Waals surface area contributed by atoms with Crippen molar-refractivity contribution >= 4 is 17.8 Å². The Labute approximate surface area is 153 Å². The molecule has 0 spiro atoms. The molecule has 1 aromatic carbocycles. The minimum atomic E-state index is -0.876. The Kier molecular flexibility index (Phi) is 5.00. The van der Waals surface area contributed by atoms with E-state index in [0.717, 1.165) is 46.8 Å². The second-order valence-corrected chi connectivity index (χ2v) is 7.03. The van der Waals surface area contributed by atoms with E-state index in [0.29, 0.717) is 0 Å². The van der Waals surface area contributed by atoms with Gasteiger partial charge in [0, 0.05) is 26.2 Å². The molecule has 0 unspecified atom stereocenters. The van der Waals surface area contributed by atoms with Crippen molar-refractivity contribution in [3.8, 4) is 5.75 Å². The molecule has 0 radical (unpaired) electrons. The molecule has 2 aliphatic rings. The summed E-state index contributed by atoms with van der Waals surface area (Å²) in [5.41, 5.74) is 0.870. The zero-order valence-electron chi connectivity index (χ0n) is 15.4. The highest BCUT2D eigenvalue weighted by atomic mass is 16.5. The summed E-state index contributed by atoms with van der Waals surface area (Å²) < 4.78 is 5.23. The van der Waals surface area contributed by atoms with Gasteiger partial charge in [-0.2, -0.15) is 0 Å². The lowest BCUT2D eigenvalue weighted by Crippen LogP contribution is -2.60. The van der Waals surface area contributed by atoms with Crippen LogP contribution < -0.4 is 10.1 Å². The molecule has 7 nitrogen and oxygen atoms in total. The lowest BCUT2D eigenvalue weighted by Gasteiger charge is -2.36. The van der Waals surface area contributed by atoms with Gasteiger partial charge in [0.25, 0.3) is 0 Å². The Balaban J connectivity index is 1.79. The summed E-state index contributed by atoms with van der Waals surface area (Å²) in [4.78, 5) is 38.8. The van der Waals surface area contributed by atoms with Crippen molar-refractivity contribution in [2.45, 2.75) is 31.2 Å². The van der Waals surface area contributed by atoms with Crippen LogP contribution in [-0.4, -0.2) is 55.4 Å². The van der Waals surface area contributed by atoms with E-state index in [1.807, 2.05) is 24.3 Å². The van der Waals surface area contributed by atoms with Crippen LogP contribution >= 0.6 is 0 Å². The van der Waals surface area contributed by atoms with Gasteiger partial charge in [-0.3, -0.25) is 19.4 Å². The molecule has 1 aliphatic heterocycles. The fraction of sp³-hybridized carbons (Fsp3) is 0.526. The first-order chi connectivity index (χ1) is 12.4. The predicted molar refractivity (Wildman–Crippen MR) is 95.6 cm³/mol. The second-order valence-electron chi connectivity index (χ2n) is 7.03. The number of carbonyl (C=O) groups excluding carboxylic acids is 3. The summed E-state index contributed by atoms with van der Waals surface area (Å²) in [6.45, 7) is 0.214. The van der Waals surface area contributed by atoms with Crippen LogP contribution in [0.1, 0.15) is 31.2 Å². The van der Waals surface area contributed by atoms with Gasteiger partial charge in [0.15, 0.2) is 0 Å². The third-order valence-electron chi connectivity index (χ3n) is 5.58. The van der Waals surface area contributed by atoms with E-state index in [1.165, 1.54) is 14.1 Å². The monoisotopic (exact) mass is 359 g/mol. The fourth-order valence-electron chi connectivity index (χ4n) is 3.91. The summed E-state index contributed by atoms with van der Waals surface area (Å²) >= 11 is 0. The van der Waals surface area contributed by atoms with Crippen LogP contribution in [0.2, 0.25) is 0 Å².